The number of aromatic nitrogens is 2. The molecule has 2 atom stereocenters. The van der Waals surface area contributed by atoms with Gasteiger partial charge in [-0.15, -0.1) is 0 Å². The van der Waals surface area contributed by atoms with Crippen LogP contribution in [0.25, 0.3) is 21.8 Å². The van der Waals surface area contributed by atoms with E-state index in [1.807, 2.05) is 6.07 Å². The van der Waals surface area contributed by atoms with Crippen molar-refractivity contribution in [1.29, 1.82) is 0 Å². The molecule has 1 saturated carbocycles. The van der Waals surface area contributed by atoms with Crippen LogP contribution in [0.15, 0.2) is 100 Å². The molecule has 0 spiro atoms. The molecule has 190 valence electrons. The van der Waals surface area contributed by atoms with Crippen molar-refractivity contribution in [1.82, 2.24) is 9.97 Å². The predicted molar refractivity (Wildman–Crippen MR) is 163 cm³/mol. The van der Waals surface area contributed by atoms with Gasteiger partial charge in [0.05, 0.1) is 27.4 Å². The van der Waals surface area contributed by atoms with Gasteiger partial charge >= 0.3 is 0 Å². The van der Waals surface area contributed by atoms with Crippen molar-refractivity contribution < 1.29 is 0 Å². The van der Waals surface area contributed by atoms with Crippen molar-refractivity contribution in [3.63, 3.8) is 0 Å². The van der Waals surface area contributed by atoms with Gasteiger partial charge in [-0.05, 0) is 65.0 Å². The van der Waals surface area contributed by atoms with Crippen molar-refractivity contribution in [2.24, 2.45) is 11.8 Å². The highest BCUT2D eigenvalue weighted by molar-refractivity contribution is 9.11. The molecule has 3 aliphatic rings. The number of rotatable bonds is 3. The monoisotopic (exact) mass is 581 g/mol. The Kier molecular flexibility index (Phi) is 5.51. The van der Waals surface area contributed by atoms with Crippen molar-refractivity contribution in [3.8, 4) is 0 Å². The lowest BCUT2D eigenvalue weighted by molar-refractivity contribution is 0.563. The maximum atomic E-state index is 7.06. The van der Waals surface area contributed by atoms with Crippen LogP contribution in [0.2, 0.25) is 5.02 Å². The van der Waals surface area contributed by atoms with Gasteiger partial charge in [0, 0.05) is 15.8 Å². The summed E-state index contributed by atoms with van der Waals surface area (Å²) >= 11 is 11.0. The molecular weight excluding hydrogens is 554 g/mol. The molecule has 3 aliphatic carbocycles. The first-order valence-corrected chi connectivity index (χ1v) is 14.4. The van der Waals surface area contributed by atoms with E-state index in [1.54, 1.807) is 0 Å². The van der Waals surface area contributed by atoms with Gasteiger partial charge in [0.2, 0.25) is 5.95 Å². The SMILES string of the molecule is CC(C)(C)c1ccc2[nH]c(N(C3=CC=C4CCC5C=CC(Br)=C3C45)c3c(Cl)ccc4ccccc34)nc2c1. The van der Waals surface area contributed by atoms with Crippen LogP contribution in [-0.2, 0) is 5.41 Å². The first-order chi connectivity index (χ1) is 18.3. The van der Waals surface area contributed by atoms with E-state index in [-0.39, 0.29) is 5.41 Å². The molecule has 1 aromatic heterocycles. The maximum absolute atomic E-state index is 7.06. The number of imidazole rings is 1. The van der Waals surface area contributed by atoms with Crippen molar-refractivity contribution >= 4 is 61.0 Å². The third-order valence-electron chi connectivity index (χ3n) is 8.25. The fourth-order valence-corrected chi connectivity index (χ4v) is 7.14. The standard InChI is InChI=1S/C33H29BrClN3/c1-33(2,3)22-13-16-26-27(18-22)37-32(36-26)38(31-23-7-5-4-6-19(23)11-15-25(31)35)28-17-12-21-9-8-20-10-14-24(34)30(28)29(20)21/h4-7,10-18,20,29H,8-9H2,1-3H3,(H,36,37). The summed E-state index contributed by atoms with van der Waals surface area (Å²) in [7, 11) is 0. The van der Waals surface area contributed by atoms with Crippen LogP contribution >= 0.6 is 27.5 Å². The number of halogens is 2. The third-order valence-corrected chi connectivity index (χ3v) is 9.24. The van der Waals surface area contributed by atoms with E-state index >= 15 is 0 Å². The summed E-state index contributed by atoms with van der Waals surface area (Å²) in [4.78, 5) is 11.1. The van der Waals surface area contributed by atoms with Crippen molar-refractivity contribution in [2.75, 3.05) is 4.90 Å². The summed E-state index contributed by atoms with van der Waals surface area (Å²) in [5.74, 6) is 1.67. The van der Waals surface area contributed by atoms with E-state index < -0.39 is 0 Å². The summed E-state index contributed by atoms with van der Waals surface area (Å²) in [6.45, 7) is 6.71. The van der Waals surface area contributed by atoms with Gasteiger partial charge in [0.15, 0.2) is 0 Å². The molecule has 4 aromatic rings. The zero-order chi connectivity index (χ0) is 26.2. The molecule has 2 unspecified atom stereocenters. The van der Waals surface area contributed by atoms with E-state index in [4.69, 9.17) is 16.6 Å². The third kappa shape index (κ3) is 3.72. The molecule has 1 N–H and O–H groups in total. The normalized spacial score (nSPS) is 20.7. The Morgan fingerprint density at radius 1 is 1.05 bits per heavy atom. The number of hydrogen-bond acceptors (Lipinski definition) is 2. The minimum absolute atomic E-state index is 0.0423. The molecule has 5 heteroatoms. The second-order valence-corrected chi connectivity index (χ2v) is 12.9. The molecule has 0 radical (unpaired) electrons. The second kappa shape index (κ2) is 8.72. The Labute approximate surface area is 236 Å². The van der Waals surface area contributed by atoms with Crippen LogP contribution < -0.4 is 4.90 Å². The van der Waals surface area contributed by atoms with E-state index in [2.05, 4.69) is 119 Å². The molecule has 1 heterocycles. The smallest absolute Gasteiger partial charge is 0.213 e. The number of nitrogens with zero attached hydrogens (tertiary/aromatic N) is 2. The van der Waals surface area contributed by atoms with E-state index in [9.17, 15) is 0 Å². The largest absolute Gasteiger partial charge is 0.323 e. The van der Waals surface area contributed by atoms with E-state index in [0.29, 0.717) is 16.9 Å². The van der Waals surface area contributed by atoms with Crippen LogP contribution in [0.1, 0.15) is 39.2 Å². The molecule has 0 aliphatic heterocycles. The average molecular weight is 583 g/mol. The number of H-pyrrole nitrogens is 1. The number of hydrogen-bond donors (Lipinski definition) is 1. The number of aromatic amines is 1. The van der Waals surface area contributed by atoms with Gasteiger partial charge < -0.3 is 4.98 Å². The second-order valence-electron chi connectivity index (χ2n) is 11.6. The fraction of sp³-hybridized carbons (Fsp3) is 0.242. The molecule has 0 amide bonds. The maximum Gasteiger partial charge on any atom is 0.213 e. The van der Waals surface area contributed by atoms with E-state index in [1.165, 1.54) is 23.1 Å². The summed E-state index contributed by atoms with van der Waals surface area (Å²) in [6.07, 6.45) is 11.5. The van der Waals surface area contributed by atoms with Crippen LogP contribution in [0.5, 0.6) is 0 Å². The summed E-state index contributed by atoms with van der Waals surface area (Å²) < 4.78 is 1.13. The summed E-state index contributed by atoms with van der Waals surface area (Å²) in [5, 5.41) is 2.94. The first kappa shape index (κ1) is 24.0. The molecular formula is C33H29BrClN3. The van der Waals surface area contributed by atoms with Crippen molar-refractivity contribution in [2.45, 2.75) is 39.0 Å². The predicted octanol–water partition coefficient (Wildman–Crippen LogP) is 9.87. The van der Waals surface area contributed by atoms with Gasteiger partial charge in [-0.3, -0.25) is 4.90 Å². The lowest BCUT2D eigenvalue weighted by atomic mass is 9.78. The Balaban J connectivity index is 1.51. The topological polar surface area (TPSA) is 31.9 Å². The van der Waals surface area contributed by atoms with Gasteiger partial charge in [0.25, 0.3) is 0 Å². The Bertz CT molecular complexity index is 1750. The zero-order valence-corrected chi connectivity index (χ0v) is 24.1. The number of benzene rings is 3. The Morgan fingerprint density at radius 3 is 2.74 bits per heavy atom. The molecule has 3 nitrogen and oxygen atoms in total. The van der Waals surface area contributed by atoms with Gasteiger partial charge in [0.1, 0.15) is 0 Å². The summed E-state index contributed by atoms with van der Waals surface area (Å²) in [5.41, 5.74) is 8.15. The minimum atomic E-state index is 0.0423. The minimum Gasteiger partial charge on any atom is -0.323 e. The fourth-order valence-electron chi connectivity index (χ4n) is 6.28. The number of fused-ring (bicyclic) bond motifs is 2. The van der Waals surface area contributed by atoms with Crippen LogP contribution in [0, 0.1) is 11.8 Å². The average Bonchev–Trinajstić information content (AvgIpc) is 3.52. The lowest BCUT2D eigenvalue weighted by Gasteiger charge is -2.36. The Morgan fingerprint density at radius 2 is 1.89 bits per heavy atom. The van der Waals surface area contributed by atoms with Gasteiger partial charge in [-0.25, -0.2) is 4.98 Å². The molecule has 38 heavy (non-hydrogen) atoms. The van der Waals surface area contributed by atoms with Gasteiger partial charge in [-0.2, -0.15) is 0 Å². The highest BCUT2D eigenvalue weighted by atomic mass is 79.9. The molecule has 1 fully saturated rings. The summed E-state index contributed by atoms with van der Waals surface area (Å²) in [6, 6.07) is 19.1. The zero-order valence-electron chi connectivity index (χ0n) is 21.7. The molecule has 0 bridgehead atoms. The number of nitrogens with one attached hydrogen (secondary N) is 1. The highest BCUT2D eigenvalue weighted by Crippen LogP contribution is 2.53. The van der Waals surface area contributed by atoms with Crippen molar-refractivity contribution in [3.05, 3.63) is 111 Å². The number of anilines is 2. The Hall–Kier alpha value is -3.08. The van der Waals surface area contributed by atoms with Gasteiger partial charge in [-0.1, -0.05) is 109 Å². The lowest BCUT2D eigenvalue weighted by Crippen LogP contribution is -2.28. The van der Waals surface area contributed by atoms with Crippen LogP contribution in [0.4, 0.5) is 11.6 Å². The first-order valence-electron chi connectivity index (χ1n) is 13.3. The van der Waals surface area contributed by atoms with Crippen LogP contribution in [0.3, 0.4) is 0 Å². The molecule has 3 aromatic carbocycles. The quantitative estimate of drug-likeness (QED) is 0.261. The molecule has 7 rings (SSSR count). The molecule has 0 saturated heterocycles. The number of allylic oxidation sites excluding steroid dienone is 7. The van der Waals surface area contributed by atoms with Crippen LogP contribution in [-0.4, -0.2) is 9.97 Å². The highest BCUT2D eigenvalue weighted by Gasteiger charge is 2.41. The van der Waals surface area contributed by atoms with E-state index in [0.717, 1.165) is 50.0 Å².